The van der Waals surface area contributed by atoms with Crippen LogP contribution in [0.4, 0.5) is 4.79 Å². The van der Waals surface area contributed by atoms with Crippen molar-refractivity contribution >= 4 is 17.4 Å². The monoisotopic (exact) mass is 331 g/mol. The Morgan fingerprint density at radius 2 is 2.30 bits per heavy atom. The molecule has 0 saturated heterocycles. The summed E-state index contributed by atoms with van der Waals surface area (Å²) in [4.78, 5) is 17.6. The first-order valence-corrected chi connectivity index (χ1v) is 8.71. The molecule has 1 aliphatic rings. The first-order chi connectivity index (χ1) is 11.2. The van der Waals surface area contributed by atoms with Gasteiger partial charge in [0.25, 0.3) is 0 Å². The van der Waals surface area contributed by atoms with E-state index in [1.807, 2.05) is 37.4 Å². The standard InChI is InChI=1S/C17H21N3O2S/c1-12-11-19-16(23-12)8-9-18-17(21)20-14-6-4-10-22-15-7-3-2-5-13(14)15/h2-3,5,7,11,14H,4,6,8-10H2,1H3,(H2,18,20,21). The fourth-order valence-electron chi connectivity index (χ4n) is 2.68. The molecule has 6 heteroatoms. The number of carbonyl (C=O) groups excluding carboxylic acids is 1. The molecular formula is C17H21N3O2S. The molecule has 2 amide bonds. The van der Waals surface area contributed by atoms with Gasteiger partial charge in [0.05, 0.1) is 17.7 Å². The van der Waals surface area contributed by atoms with Crippen molar-refractivity contribution in [2.45, 2.75) is 32.2 Å². The predicted molar refractivity (Wildman–Crippen MR) is 91.0 cm³/mol. The highest BCUT2D eigenvalue weighted by molar-refractivity contribution is 7.11. The maximum absolute atomic E-state index is 12.1. The fraction of sp³-hybridized carbons (Fsp3) is 0.412. The number of aryl methyl sites for hydroxylation is 1. The molecule has 23 heavy (non-hydrogen) atoms. The Balaban J connectivity index is 1.53. The van der Waals surface area contributed by atoms with Crippen molar-refractivity contribution in [1.29, 1.82) is 0 Å². The molecule has 2 heterocycles. The average Bonchev–Trinajstić information content (AvgIpc) is 2.85. The number of hydrogen-bond donors (Lipinski definition) is 2. The summed E-state index contributed by atoms with van der Waals surface area (Å²) in [6.45, 7) is 3.32. The summed E-state index contributed by atoms with van der Waals surface area (Å²) >= 11 is 1.67. The van der Waals surface area contributed by atoms with Crippen LogP contribution in [-0.4, -0.2) is 24.2 Å². The van der Waals surface area contributed by atoms with Crippen LogP contribution in [0.3, 0.4) is 0 Å². The summed E-state index contributed by atoms with van der Waals surface area (Å²) in [7, 11) is 0. The summed E-state index contributed by atoms with van der Waals surface area (Å²) in [5, 5.41) is 7.03. The molecule has 0 bridgehead atoms. The molecule has 122 valence electrons. The first kappa shape index (κ1) is 15.8. The Morgan fingerprint density at radius 1 is 1.43 bits per heavy atom. The highest BCUT2D eigenvalue weighted by Crippen LogP contribution is 2.30. The topological polar surface area (TPSA) is 63.2 Å². The molecule has 0 saturated carbocycles. The lowest BCUT2D eigenvalue weighted by atomic mass is 10.0. The van der Waals surface area contributed by atoms with E-state index >= 15 is 0 Å². The maximum Gasteiger partial charge on any atom is 0.315 e. The van der Waals surface area contributed by atoms with Crippen LogP contribution < -0.4 is 15.4 Å². The van der Waals surface area contributed by atoms with Crippen LogP contribution in [0.25, 0.3) is 0 Å². The Labute approximate surface area is 140 Å². The third kappa shape index (κ3) is 4.22. The summed E-state index contributed by atoms with van der Waals surface area (Å²) in [5.74, 6) is 0.869. The predicted octanol–water partition coefficient (Wildman–Crippen LogP) is 3.21. The van der Waals surface area contributed by atoms with E-state index in [-0.39, 0.29) is 12.1 Å². The van der Waals surface area contributed by atoms with E-state index in [1.165, 1.54) is 4.88 Å². The van der Waals surface area contributed by atoms with Gasteiger partial charge in [-0.1, -0.05) is 18.2 Å². The summed E-state index contributed by atoms with van der Waals surface area (Å²) in [6.07, 6.45) is 4.44. The number of benzene rings is 1. The second-order valence-electron chi connectivity index (χ2n) is 5.60. The number of urea groups is 1. The highest BCUT2D eigenvalue weighted by atomic mass is 32.1. The molecule has 1 aliphatic heterocycles. The van der Waals surface area contributed by atoms with Crippen molar-refractivity contribution in [3.8, 4) is 5.75 Å². The van der Waals surface area contributed by atoms with E-state index in [1.54, 1.807) is 11.3 Å². The lowest BCUT2D eigenvalue weighted by Crippen LogP contribution is -2.38. The lowest BCUT2D eigenvalue weighted by molar-refractivity contribution is 0.236. The molecule has 2 N–H and O–H groups in total. The minimum atomic E-state index is -0.139. The van der Waals surface area contributed by atoms with E-state index in [0.717, 1.165) is 35.6 Å². The first-order valence-electron chi connectivity index (χ1n) is 7.90. The van der Waals surface area contributed by atoms with Gasteiger partial charge in [-0.25, -0.2) is 9.78 Å². The number of nitrogens with zero attached hydrogens (tertiary/aromatic N) is 1. The summed E-state index contributed by atoms with van der Waals surface area (Å²) in [6, 6.07) is 7.76. The Hall–Kier alpha value is -2.08. The van der Waals surface area contributed by atoms with Crippen LogP contribution >= 0.6 is 11.3 Å². The summed E-state index contributed by atoms with van der Waals surface area (Å²) < 4.78 is 5.72. The Kier molecular flexibility index (Phi) is 5.12. The molecule has 3 rings (SSSR count). The van der Waals surface area contributed by atoms with Crippen molar-refractivity contribution < 1.29 is 9.53 Å². The van der Waals surface area contributed by atoms with Gasteiger partial charge in [0.1, 0.15) is 5.75 Å². The van der Waals surface area contributed by atoms with Gasteiger partial charge in [0.2, 0.25) is 0 Å². The number of rotatable bonds is 4. The normalized spacial score (nSPS) is 16.8. The van der Waals surface area contributed by atoms with Gasteiger partial charge in [-0.15, -0.1) is 11.3 Å². The zero-order valence-corrected chi connectivity index (χ0v) is 14.0. The van der Waals surface area contributed by atoms with Crippen molar-refractivity contribution in [3.05, 3.63) is 45.9 Å². The lowest BCUT2D eigenvalue weighted by Gasteiger charge is -2.18. The van der Waals surface area contributed by atoms with Gasteiger partial charge in [0.15, 0.2) is 0 Å². The average molecular weight is 331 g/mol. The van der Waals surface area contributed by atoms with Gasteiger partial charge < -0.3 is 15.4 Å². The van der Waals surface area contributed by atoms with Gasteiger partial charge in [-0.05, 0) is 25.8 Å². The quantitative estimate of drug-likeness (QED) is 0.904. The molecule has 2 aromatic rings. The fourth-order valence-corrected chi connectivity index (χ4v) is 3.47. The molecule has 0 spiro atoms. The van der Waals surface area contributed by atoms with E-state index in [4.69, 9.17) is 4.74 Å². The molecule has 1 aromatic heterocycles. The van der Waals surface area contributed by atoms with Crippen LogP contribution in [0.2, 0.25) is 0 Å². The van der Waals surface area contributed by atoms with E-state index in [0.29, 0.717) is 13.2 Å². The van der Waals surface area contributed by atoms with Crippen LogP contribution in [0.15, 0.2) is 30.5 Å². The van der Waals surface area contributed by atoms with Gasteiger partial charge in [-0.2, -0.15) is 0 Å². The van der Waals surface area contributed by atoms with Crippen molar-refractivity contribution in [2.75, 3.05) is 13.2 Å². The minimum Gasteiger partial charge on any atom is -0.493 e. The maximum atomic E-state index is 12.1. The van der Waals surface area contributed by atoms with E-state index in [9.17, 15) is 4.79 Å². The molecule has 1 atom stereocenters. The zero-order valence-electron chi connectivity index (χ0n) is 13.2. The molecule has 0 fully saturated rings. The molecule has 1 aromatic carbocycles. The van der Waals surface area contributed by atoms with E-state index < -0.39 is 0 Å². The van der Waals surface area contributed by atoms with Crippen LogP contribution in [-0.2, 0) is 6.42 Å². The van der Waals surface area contributed by atoms with Crippen molar-refractivity contribution in [3.63, 3.8) is 0 Å². The Morgan fingerprint density at radius 3 is 3.13 bits per heavy atom. The minimum absolute atomic E-state index is 0.00388. The van der Waals surface area contributed by atoms with Crippen LogP contribution in [0, 0.1) is 6.92 Å². The number of ether oxygens (including phenoxy) is 1. The van der Waals surface area contributed by atoms with Crippen LogP contribution in [0.5, 0.6) is 5.75 Å². The molecular weight excluding hydrogens is 310 g/mol. The molecule has 0 aliphatic carbocycles. The molecule has 0 radical (unpaired) electrons. The second-order valence-corrected chi connectivity index (χ2v) is 6.92. The number of hydrogen-bond acceptors (Lipinski definition) is 4. The largest absolute Gasteiger partial charge is 0.493 e. The summed E-state index contributed by atoms with van der Waals surface area (Å²) in [5.41, 5.74) is 1.05. The van der Waals surface area contributed by atoms with Gasteiger partial charge >= 0.3 is 6.03 Å². The number of thiazole rings is 1. The SMILES string of the molecule is Cc1cnc(CCNC(=O)NC2CCCOc3ccccc32)s1. The number of amides is 2. The number of fused-ring (bicyclic) bond motifs is 1. The second kappa shape index (κ2) is 7.46. The number of carbonyl (C=O) groups is 1. The van der Waals surface area contributed by atoms with Crippen LogP contribution in [0.1, 0.15) is 34.3 Å². The van der Waals surface area contributed by atoms with E-state index in [2.05, 4.69) is 15.6 Å². The number of aromatic nitrogens is 1. The van der Waals surface area contributed by atoms with Crippen molar-refractivity contribution in [2.24, 2.45) is 0 Å². The number of para-hydroxylation sites is 1. The zero-order chi connectivity index (χ0) is 16.1. The highest BCUT2D eigenvalue weighted by Gasteiger charge is 2.20. The van der Waals surface area contributed by atoms with Crippen molar-refractivity contribution in [1.82, 2.24) is 15.6 Å². The van der Waals surface area contributed by atoms with Gasteiger partial charge in [-0.3, -0.25) is 0 Å². The smallest absolute Gasteiger partial charge is 0.315 e. The third-order valence-electron chi connectivity index (χ3n) is 3.79. The third-order valence-corrected chi connectivity index (χ3v) is 4.76. The number of nitrogens with one attached hydrogen (secondary N) is 2. The van der Waals surface area contributed by atoms with Gasteiger partial charge in [0, 0.05) is 29.6 Å². The Bertz CT molecular complexity index is 671. The molecule has 1 unspecified atom stereocenters. The molecule has 5 nitrogen and oxygen atoms in total.